The Kier molecular flexibility index (Phi) is 5.33. The Balaban J connectivity index is 2.03. The summed E-state index contributed by atoms with van der Waals surface area (Å²) < 4.78 is 0. The van der Waals surface area contributed by atoms with Crippen LogP contribution in [-0.2, 0) is 0 Å². The van der Waals surface area contributed by atoms with E-state index in [4.69, 9.17) is 0 Å². The topological polar surface area (TPSA) is 47.3 Å². The summed E-state index contributed by atoms with van der Waals surface area (Å²) in [4.78, 5) is 2.43. The summed E-state index contributed by atoms with van der Waals surface area (Å²) >= 11 is 0. The molecule has 0 amide bonds. The number of piperidine rings is 1. The molecular formula is C18H32N2O. The van der Waals surface area contributed by atoms with Gasteiger partial charge in [0, 0.05) is 13.1 Å². The van der Waals surface area contributed by atoms with Gasteiger partial charge in [-0.2, -0.15) is 5.26 Å². The van der Waals surface area contributed by atoms with E-state index < -0.39 is 11.0 Å². The van der Waals surface area contributed by atoms with Crippen LogP contribution in [0.3, 0.4) is 0 Å². The summed E-state index contributed by atoms with van der Waals surface area (Å²) in [7, 11) is 0. The van der Waals surface area contributed by atoms with Gasteiger partial charge in [0.1, 0.15) is 0 Å². The molecule has 21 heavy (non-hydrogen) atoms. The predicted octanol–water partition coefficient (Wildman–Crippen LogP) is 3.58. The zero-order valence-electron chi connectivity index (χ0n) is 14.1. The minimum Gasteiger partial charge on any atom is -0.388 e. The molecule has 0 aromatic carbocycles. The number of likely N-dealkylation sites (tertiary alicyclic amines) is 1. The van der Waals surface area contributed by atoms with E-state index in [1.165, 1.54) is 0 Å². The standard InChI is InChI=1S/C18H32N2O/c1-4-11-20-12-9-18(21,10-13-20)17(14-19)7-5-16(6-8-17)15(2)3/h15-16,21H,4-13H2,1-3H3. The average Bonchev–Trinajstić information content (AvgIpc) is 2.50. The molecule has 1 heterocycles. The monoisotopic (exact) mass is 292 g/mol. The fraction of sp³-hybridized carbons (Fsp3) is 0.944. The van der Waals surface area contributed by atoms with Gasteiger partial charge in [-0.05, 0) is 63.3 Å². The quantitative estimate of drug-likeness (QED) is 0.861. The Bertz CT molecular complexity index is 369. The second-order valence-corrected chi connectivity index (χ2v) is 7.65. The maximum absolute atomic E-state index is 11.2. The molecule has 0 aromatic rings. The first-order chi connectivity index (χ1) is 9.96. The van der Waals surface area contributed by atoms with Crippen LogP contribution < -0.4 is 0 Å². The first-order valence-corrected chi connectivity index (χ1v) is 8.82. The van der Waals surface area contributed by atoms with Crippen LogP contribution in [0.2, 0.25) is 0 Å². The van der Waals surface area contributed by atoms with Gasteiger partial charge in [-0.15, -0.1) is 0 Å². The van der Waals surface area contributed by atoms with E-state index in [9.17, 15) is 10.4 Å². The van der Waals surface area contributed by atoms with Crippen molar-refractivity contribution in [1.82, 2.24) is 4.90 Å². The first-order valence-electron chi connectivity index (χ1n) is 8.82. The highest BCUT2D eigenvalue weighted by Gasteiger charge is 2.53. The van der Waals surface area contributed by atoms with Crippen molar-refractivity contribution in [3.05, 3.63) is 0 Å². The van der Waals surface area contributed by atoms with Crippen molar-refractivity contribution in [2.75, 3.05) is 19.6 Å². The van der Waals surface area contributed by atoms with Gasteiger partial charge in [0.05, 0.1) is 17.1 Å². The van der Waals surface area contributed by atoms with E-state index in [2.05, 4.69) is 31.7 Å². The van der Waals surface area contributed by atoms with Crippen LogP contribution in [0, 0.1) is 28.6 Å². The largest absolute Gasteiger partial charge is 0.388 e. The van der Waals surface area contributed by atoms with Crippen LogP contribution in [-0.4, -0.2) is 35.2 Å². The van der Waals surface area contributed by atoms with Crippen molar-refractivity contribution in [3.8, 4) is 6.07 Å². The van der Waals surface area contributed by atoms with Crippen LogP contribution in [0.5, 0.6) is 0 Å². The molecule has 1 aliphatic carbocycles. The minimum absolute atomic E-state index is 0.489. The average molecular weight is 292 g/mol. The lowest BCUT2D eigenvalue weighted by atomic mass is 9.58. The molecule has 1 aliphatic heterocycles. The van der Waals surface area contributed by atoms with E-state index >= 15 is 0 Å². The summed E-state index contributed by atoms with van der Waals surface area (Å²) in [6, 6.07) is 2.57. The summed E-state index contributed by atoms with van der Waals surface area (Å²) in [5.74, 6) is 1.43. The lowest BCUT2D eigenvalue weighted by molar-refractivity contribution is -0.115. The molecule has 0 radical (unpaired) electrons. The van der Waals surface area contributed by atoms with E-state index in [1.54, 1.807) is 0 Å². The van der Waals surface area contributed by atoms with Crippen molar-refractivity contribution in [2.24, 2.45) is 17.3 Å². The van der Waals surface area contributed by atoms with Crippen molar-refractivity contribution < 1.29 is 5.11 Å². The molecule has 0 unspecified atom stereocenters. The van der Waals surface area contributed by atoms with Crippen LogP contribution in [0.4, 0.5) is 0 Å². The highest BCUT2D eigenvalue weighted by Crippen LogP contribution is 2.51. The predicted molar refractivity (Wildman–Crippen MR) is 85.8 cm³/mol. The number of nitrogens with zero attached hydrogens (tertiary/aromatic N) is 2. The molecular weight excluding hydrogens is 260 g/mol. The molecule has 2 aliphatic rings. The van der Waals surface area contributed by atoms with E-state index in [0.717, 1.165) is 70.5 Å². The maximum atomic E-state index is 11.2. The third kappa shape index (κ3) is 3.27. The second-order valence-electron chi connectivity index (χ2n) is 7.65. The van der Waals surface area contributed by atoms with Gasteiger partial charge in [-0.25, -0.2) is 0 Å². The van der Waals surface area contributed by atoms with Crippen molar-refractivity contribution in [1.29, 1.82) is 5.26 Å². The molecule has 2 fully saturated rings. The molecule has 1 saturated carbocycles. The normalized spacial score (nSPS) is 33.8. The molecule has 2 rings (SSSR count). The Labute approximate surface area is 130 Å². The Morgan fingerprint density at radius 3 is 2.19 bits per heavy atom. The summed E-state index contributed by atoms with van der Waals surface area (Å²) in [6.45, 7) is 9.77. The van der Waals surface area contributed by atoms with Gasteiger partial charge in [0.15, 0.2) is 0 Å². The van der Waals surface area contributed by atoms with E-state index in [1.807, 2.05) is 0 Å². The van der Waals surface area contributed by atoms with Crippen molar-refractivity contribution in [3.63, 3.8) is 0 Å². The third-order valence-corrected chi connectivity index (χ3v) is 6.15. The molecule has 0 atom stereocenters. The second kappa shape index (κ2) is 6.67. The Hall–Kier alpha value is -0.590. The highest BCUT2D eigenvalue weighted by atomic mass is 16.3. The maximum Gasteiger partial charge on any atom is 0.0861 e. The summed E-state index contributed by atoms with van der Waals surface area (Å²) in [6.07, 6.45) is 6.68. The SMILES string of the molecule is CCCN1CCC(O)(C2(C#N)CCC(C(C)C)CC2)CC1. The van der Waals surface area contributed by atoms with Gasteiger partial charge in [0.2, 0.25) is 0 Å². The molecule has 0 bridgehead atoms. The summed E-state index contributed by atoms with van der Waals surface area (Å²) in [5.41, 5.74) is -1.25. The molecule has 0 aromatic heterocycles. The Morgan fingerprint density at radius 1 is 1.19 bits per heavy atom. The van der Waals surface area contributed by atoms with Crippen LogP contribution in [0.25, 0.3) is 0 Å². The summed E-state index contributed by atoms with van der Waals surface area (Å²) in [5, 5.41) is 21.0. The number of aliphatic hydroxyl groups is 1. The molecule has 3 heteroatoms. The van der Waals surface area contributed by atoms with Crippen LogP contribution in [0.1, 0.15) is 65.7 Å². The van der Waals surface area contributed by atoms with Gasteiger partial charge in [-0.1, -0.05) is 20.8 Å². The van der Waals surface area contributed by atoms with E-state index in [-0.39, 0.29) is 0 Å². The Morgan fingerprint density at radius 2 is 1.76 bits per heavy atom. The van der Waals surface area contributed by atoms with Crippen LogP contribution in [0.15, 0.2) is 0 Å². The zero-order valence-corrected chi connectivity index (χ0v) is 14.1. The number of hydrogen-bond acceptors (Lipinski definition) is 3. The van der Waals surface area contributed by atoms with Crippen LogP contribution >= 0.6 is 0 Å². The number of rotatable bonds is 4. The third-order valence-electron chi connectivity index (χ3n) is 6.15. The van der Waals surface area contributed by atoms with Crippen molar-refractivity contribution in [2.45, 2.75) is 71.3 Å². The fourth-order valence-electron chi connectivity index (χ4n) is 4.42. The molecule has 1 saturated heterocycles. The first kappa shape index (κ1) is 16.8. The van der Waals surface area contributed by atoms with E-state index in [0.29, 0.717) is 5.92 Å². The molecule has 1 N–H and O–H groups in total. The molecule has 120 valence electrons. The van der Waals surface area contributed by atoms with Crippen molar-refractivity contribution >= 4 is 0 Å². The number of nitriles is 1. The molecule has 3 nitrogen and oxygen atoms in total. The van der Waals surface area contributed by atoms with Gasteiger partial charge in [-0.3, -0.25) is 0 Å². The minimum atomic E-state index is -0.756. The number of hydrogen-bond donors (Lipinski definition) is 1. The van der Waals surface area contributed by atoms with Gasteiger partial charge >= 0.3 is 0 Å². The fourth-order valence-corrected chi connectivity index (χ4v) is 4.42. The highest BCUT2D eigenvalue weighted by molar-refractivity contribution is 5.14. The smallest absolute Gasteiger partial charge is 0.0861 e. The molecule has 0 spiro atoms. The van der Waals surface area contributed by atoms with Gasteiger partial charge < -0.3 is 10.0 Å². The van der Waals surface area contributed by atoms with Gasteiger partial charge in [0.25, 0.3) is 0 Å². The lowest BCUT2D eigenvalue weighted by Gasteiger charge is -2.50. The zero-order chi connectivity index (χ0) is 15.5. The lowest BCUT2D eigenvalue weighted by Crippen LogP contribution is -2.55.